The molecule has 1 heterocycles. The van der Waals surface area contributed by atoms with E-state index in [1.54, 1.807) is 0 Å². The number of amides is 1. The first-order chi connectivity index (χ1) is 8.42. The minimum absolute atomic E-state index is 0.0496. The van der Waals surface area contributed by atoms with Crippen LogP contribution in [0, 0.1) is 5.41 Å². The number of aliphatic hydroxyl groups is 1. The van der Waals surface area contributed by atoms with Crippen LogP contribution in [0.15, 0.2) is 0 Å². The van der Waals surface area contributed by atoms with E-state index < -0.39 is 0 Å². The lowest BCUT2D eigenvalue weighted by Crippen LogP contribution is -2.42. The van der Waals surface area contributed by atoms with Crippen molar-refractivity contribution in [3.05, 3.63) is 0 Å². The van der Waals surface area contributed by atoms with Crippen LogP contribution in [0.2, 0.25) is 0 Å². The van der Waals surface area contributed by atoms with Gasteiger partial charge in [0.05, 0.1) is 6.61 Å². The van der Waals surface area contributed by atoms with E-state index in [-0.39, 0.29) is 17.9 Å². The highest BCUT2D eigenvalue weighted by atomic mass is 16.3. The second kappa shape index (κ2) is 7.10. The molecule has 4 nitrogen and oxygen atoms in total. The van der Waals surface area contributed by atoms with Crippen LogP contribution in [0.5, 0.6) is 0 Å². The predicted molar refractivity (Wildman–Crippen MR) is 73.4 cm³/mol. The highest BCUT2D eigenvalue weighted by Gasteiger charge is 2.22. The van der Waals surface area contributed by atoms with Crippen molar-refractivity contribution in [1.29, 1.82) is 0 Å². The highest BCUT2D eigenvalue weighted by molar-refractivity contribution is 5.76. The molecule has 1 saturated heterocycles. The van der Waals surface area contributed by atoms with E-state index in [2.05, 4.69) is 26.1 Å². The third-order valence-electron chi connectivity index (χ3n) is 3.41. The van der Waals surface area contributed by atoms with Gasteiger partial charge in [0.15, 0.2) is 0 Å². The topological polar surface area (TPSA) is 52.6 Å². The number of nitrogens with zero attached hydrogens (tertiary/aromatic N) is 1. The molecule has 0 aliphatic carbocycles. The zero-order valence-electron chi connectivity index (χ0n) is 12.0. The third-order valence-corrected chi connectivity index (χ3v) is 3.41. The molecule has 0 spiro atoms. The minimum Gasteiger partial charge on any atom is -0.395 e. The van der Waals surface area contributed by atoms with Gasteiger partial charge in [-0.3, -0.25) is 4.79 Å². The molecule has 1 aliphatic rings. The normalized spacial score (nSPS) is 20.1. The molecule has 1 atom stereocenters. The van der Waals surface area contributed by atoms with Crippen molar-refractivity contribution in [3.63, 3.8) is 0 Å². The molecule has 4 heteroatoms. The quantitative estimate of drug-likeness (QED) is 0.755. The van der Waals surface area contributed by atoms with Crippen molar-refractivity contribution in [1.82, 2.24) is 10.2 Å². The van der Waals surface area contributed by atoms with E-state index in [1.807, 2.05) is 4.90 Å². The lowest BCUT2D eigenvalue weighted by atomic mass is 9.90. The summed E-state index contributed by atoms with van der Waals surface area (Å²) in [4.78, 5) is 14.0. The number of nitrogens with one attached hydrogen (secondary N) is 1. The van der Waals surface area contributed by atoms with Gasteiger partial charge in [0, 0.05) is 25.6 Å². The van der Waals surface area contributed by atoms with E-state index in [0.29, 0.717) is 19.0 Å². The average Bonchev–Trinajstić information content (AvgIpc) is 2.77. The lowest BCUT2D eigenvalue weighted by molar-refractivity contribution is -0.132. The predicted octanol–water partition coefficient (Wildman–Crippen LogP) is 1.39. The highest BCUT2D eigenvalue weighted by Crippen LogP contribution is 2.21. The number of carbonyl (C=O) groups excluding carboxylic acids is 1. The fourth-order valence-corrected chi connectivity index (χ4v) is 2.26. The van der Waals surface area contributed by atoms with Gasteiger partial charge in [0.1, 0.15) is 0 Å². The Labute approximate surface area is 111 Å². The summed E-state index contributed by atoms with van der Waals surface area (Å²) in [5.41, 5.74) is 0.187. The summed E-state index contributed by atoms with van der Waals surface area (Å²) in [6.07, 6.45) is 3.80. The zero-order valence-corrected chi connectivity index (χ0v) is 12.0. The molecule has 0 radical (unpaired) electrons. The first-order valence-electron chi connectivity index (χ1n) is 7.04. The molecule has 2 N–H and O–H groups in total. The van der Waals surface area contributed by atoms with Gasteiger partial charge in [-0.15, -0.1) is 0 Å². The van der Waals surface area contributed by atoms with Gasteiger partial charge in [-0.2, -0.15) is 0 Å². The second-order valence-electron chi connectivity index (χ2n) is 6.42. The Bertz CT molecular complexity index is 255. The molecule has 0 aromatic rings. The Morgan fingerprint density at radius 1 is 1.44 bits per heavy atom. The molecule has 1 aliphatic heterocycles. The third kappa shape index (κ3) is 5.83. The number of carbonyl (C=O) groups is 1. The Hall–Kier alpha value is -0.610. The molecule has 18 heavy (non-hydrogen) atoms. The molecule has 0 aromatic heterocycles. The van der Waals surface area contributed by atoms with Crippen LogP contribution in [0.1, 0.15) is 46.5 Å². The molecule has 1 amide bonds. The molecular formula is C14H28N2O2. The van der Waals surface area contributed by atoms with Gasteiger partial charge >= 0.3 is 0 Å². The smallest absolute Gasteiger partial charge is 0.222 e. The fourth-order valence-electron chi connectivity index (χ4n) is 2.26. The average molecular weight is 256 g/mol. The summed E-state index contributed by atoms with van der Waals surface area (Å²) >= 11 is 0. The molecule has 0 aromatic carbocycles. The molecule has 0 saturated carbocycles. The van der Waals surface area contributed by atoms with E-state index in [0.717, 1.165) is 25.9 Å². The molecular weight excluding hydrogens is 228 g/mol. The van der Waals surface area contributed by atoms with Gasteiger partial charge in [0.2, 0.25) is 5.91 Å². The molecule has 1 fully saturated rings. The number of hydrogen-bond acceptors (Lipinski definition) is 3. The van der Waals surface area contributed by atoms with E-state index in [1.165, 1.54) is 6.42 Å². The Morgan fingerprint density at radius 2 is 2.17 bits per heavy atom. The molecule has 1 rings (SSSR count). The van der Waals surface area contributed by atoms with Crippen LogP contribution < -0.4 is 5.32 Å². The maximum absolute atomic E-state index is 12.2. The molecule has 0 bridgehead atoms. The first kappa shape index (κ1) is 15.4. The van der Waals surface area contributed by atoms with Gasteiger partial charge < -0.3 is 15.3 Å². The molecule has 1 unspecified atom stereocenters. The van der Waals surface area contributed by atoms with E-state index in [4.69, 9.17) is 5.11 Å². The lowest BCUT2D eigenvalue weighted by Gasteiger charge is -2.27. The number of rotatable bonds is 6. The fraction of sp³-hybridized carbons (Fsp3) is 0.929. The first-order valence-corrected chi connectivity index (χ1v) is 7.04. The standard InChI is InChI=1S/C14H28N2O2/c1-14(2,3)7-6-13(18)16(9-10-17)11-12-5-4-8-15-12/h12,15,17H,4-11H2,1-3H3. The second-order valence-corrected chi connectivity index (χ2v) is 6.42. The SMILES string of the molecule is CC(C)(C)CCC(=O)N(CCO)CC1CCCN1. The Kier molecular flexibility index (Phi) is 6.09. The van der Waals surface area contributed by atoms with Gasteiger partial charge in [0.25, 0.3) is 0 Å². The summed E-state index contributed by atoms with van der Waals surface area (Å²) < 4.78 is 0. The van der Waals surface area contributed by atoms with Crippen LogP contribution >= 0.6 is 0 Å². The number of hydrogen-bond donors (Lipinski definition) is 2. The summed E-state index contributed by atoms with van der Waals surface area (Å²) in [6.45, 7) is 8.74. The van der Waals surface area contributed by atoms with Crippen molar-refractivity contribution >= 4 is 5.91 Å². The van der Waals surface area contributed by atoms with Crippen LogP contribution in [0.4, 0.5) is 0 Å². The van der Waals surface area contributed by atoms with Crippen LogP contribution in [0.3, 0.4) is 0 Å². The van der Waals surface area contributed by atoms with Crippen molar-refractivity contribution < 1.29 is 9.90 Å². The van der Waals surface area contributed by atoms with Crippen LogP contribution in [-0.4, -0.2) is 48.2 Å². The zero-order chi connectivity index (χ0) is 13.6. The van der Waals surface area contributed by atoms with Gasteiger partial charge in [-0.05, 0) is 31.2 Å². The van der Waals surface area contributed by atoms with Crippen molar-refractivity contribution in [2.45, 2.75) is 52.5 Å². The Morgan fingerprint density at radius 3 is 2.67 bits per heavy atom. The van der Waals surface area contributed by atoms with Gasteiger partial charge in [-0.25, -0.2) is 0 Å². The van der Waals surface area contributed by atoms with Crippen molar-refractivity contribution in [3.8, 4) is 0 Å². The summed E-state index contributed by atoms with van der Waals surface area (Å²) in [6, 6.07) is 0.412. The van der Waals surface area contributed by atoms with E-state index >= 15 is 0 Å². The summed E-state index contributed by atoms with van der Waals surface area (Å²) in [5.74, 6) is 0.174. The summed E-state index contributed by atoms with van der Waals surface area (Å²) in [5, 5.41) is 12.5. The Balaban J connectivity index is 2.41. The van der Waals surface area contributed by atoms with Gasteiger partial charge in [-0.1, -0.05) is 20.8 Å². The maximum Gasteiger partial charge on any atom is 0.222 e. The monoisotopic (exact) mass is 256 g/mol. The van der Waals surface area contributed by atoms with Crippen LogP contribution in [0.25, 0.3) is 0 Å². The van der Waals surface area contributed by atoms with Crippen LogP contribution in [-0.2, 0) is 4.79 Å². The maximum atomic E-state index is 12.2. The molecule has 106 valence electrons. The number of aliphatic hydroxyl groups excluding tert-OH is 1. The van der Waals surface area contributed by atoms with Crippen molar-refractivity contribution in [2.75, 3.05) is 26.2 Å². The van der Waals surface area contributed by atoms with Crippen molar-refractivity contribution in [2.24, 2.45) is 5.41 Å². The van der Waals surface area contributed by atoms with E-state index in [9.17, 15) is 4.79 Å². The minimum atomic E-state index is 0.0496. The largest absolute Gasteiger partial charge is 0.395 e. The summed E-state index contributed by atoms with van der Waals surface area (Å²) in [7, 11) is 0.